The fourth-order valence-corrected chi connectivity index (χ4v) is 2.59. The van der Waals surface area contributed by atoms with Gasteiger partial charge in [0.25, 0.3) is 0 Å². The number of rotatable bonds is 3. The van der Waals surface area contributed by atoms with Gasteiger partial charge < -0.3 is 15.2 Å². The first-order chi connectivity index (χ1) is 9.69. The number of nitrogen functional groups attached to an aromatic ring is 1. The average molecular weight is 273 g/mol. The Morgan fingerprint density at radius 3 is 2.85 bits per heavy atom. The average Bonchev–Trinajstić information content (AvgIpc) is 3.09. The zero-order valence-electron chi connectivity index (χ0n) is 11.8. The Hall–Kier alpha value is -2.01. The van der Waals surface area contributed by atoms with Gasteiger partial charge in [0.15, 0.2) is 0 Å². The summed E-state index contributed by atoms with van der Waals surface area (Å²) in [6, 6.07) is 8.11. The quantitative estimate of drug-likeness (QED) is 0.931. The van der Waals surface area contributed by atoms with E-state index in [9.17, 15) is 0 Å². The highest BCUT2D eigenvalue weighted by molar-refractivity contribution is 5.70. The molecule has 0 bridgehead atoms. The van der Waals surface area contributed by atoms with E-state index in [1.165, 1.54) is 5.56 Å². The van der Waals surface area contributed by atoms with E-state index in [0.29, 0.717) is 11.7 Å². The second kappa shape index (κ2) is 5.17. The van der Waals surface area contributed by atoms with Crippen molar-refractivity contribution < 1.29 is 9.47 Å². The molecule has 0 radical (unpaired) electrons. The summed E-state index contributed by atoms with van der Waals surface area (Å²) in [7, 11) is 3.50. The van der Waals surface area contributed by atoms with Crippen LogP contribution in [0.15, 0.2) is 24.3 Å². The molecule has 1 fully saturated rings. The fraction of sp³-hybridized carbons (Fsp3) is 0.400. The highest BCUT2D eigenvalue weighted by atomic mass is 16.5. The number of nitrogens with two attached hydrogens (primary N) is 1. The molecule has 1 saturated heterocycles. The summed E-state index contributed by atoms with van der Waals surface area (Å²) in [5, 5.41) is 4.44. The molecule has 5 nitrogen and oxygen atoms in total. The molecule has 2 N–H and O–H groups in total. The van der Waals surface area contributed by atoms with Crippen LogP contribution in [-0.4, -0.2) is 30.1 Å². The normalized spacial score (nSPS) is 18.4. The van der Waals surface area contributed by atoms with Crippen LogP contribution in [0.2, 0.25) is 0 Å². The molecule has 2 heterocycles. The van der Waals surface area contributed by atoms with E-state index in [-0.39, 0.29) is 0 Å². The Balaban J connectivity index is 2.04. The molecule has 1 unspecified atom stereocenters. The second-order valence-electron chi connectivity index (χ2n) is 5.10. The van der Waals surface area contributed by atoms with Crippen LogP contribution in [-0.2, 0) is 11.8 Å². The van der Waals surface area contributed by atoms with Crippen LogP contribution in [0.4, 0.5) is 5.82 Å². The molecule has 0 saturated carbocycles. The van der Waals surface area contributed by atoms with Crippen molar-refractivity contribution in [2.45, 2.75) is 12.3 Å². The minimum Gasteiger partial charge on any atom is -0.496 e. The summed E-state index contributed by atoms with van der Waals surface area (Å²) >= 11 is 0. The number of aromatic nitrogens is 2. The molecule has 5 heteroatoms. The minimum absolute atomic E-state index is 0.459. The Morgan fingerprint density at radius 2 is 2.25 bits per heavy atom. The molecular formula is C15H19N3O2. The third-order valence-corrected chi connectivity index (χ3v) is 3.82. The third-order valence-electron chi connectivity index (χ3n) is 3.82. The van der Waals surface area contributed by atoms with Crippen molar-refractivity contribution >= 4 is 5.82 Å². The summed E-state index contributed by atoms with van der Waals surface area (Å²) in [6.45, 7) is 1.62. The number of hydrogen-bond donors (Lipinski definition) is 1. The zero-order chi connectivity index (χ0) is 14.1. The Bertz CT molecular complexity index is 596. The van der Waals surface area contributed by atoms with Gasteiger partial charge in [0, 0.05) is 31.2 Å². The van der Waals surface area contributed by atoms with Crippen molar-refractivity contribution in [3.63, 3.8) is 0 Å². The molecule has 0 aliphatic carbocycles. The van der Waals surface area contributed by atoms with Gasteiger partial charge in [-0.05, 0) is 24.1 Å². The largest absolute Gasteiger partial charge is 0.496 e. The Labute approximate surface area is 118 Å². The first-order valence-corrected chi connectivity index (χ1v) is 6.74. The number of hydrogen-bond acceptors (Lipinski definition) is 4. The van der Waals surface area contributed by atoms with E-state index in [2.05, 4.69) is 17.2 Å². The Kier molecular flexibility index (Phi) is 3.36. The minimum atomic E-state index is 0.459. The van der Waals surface area contributed by atoms with Gasteiger partial charge in [-0.25, -0.2) is 0 Å². The summed E-state index contributed by atoms with van der Waals surface area (Å²) < 4.78 is 12.6. The first kappa shape index (κ1) is 13.0. The number of aryl methyl sites for hydroxylation is 1. The molecule has 0 amide bonds. The van der Waals surface area contributed by atoms with Crippen LogP contribution in [0.5, 0.6) is 5.75 Å². The van der Waals surface area contributed by atoms with Crippen molar-refractivity contribution in [3.05, 3.63) is 29.8 Å². The summed E-state index contributed by atoms with van der Waals surface area (Å²) in [4.78, 5) is 0. The van der Waals surface area contributed by atoms with Crippen molar-refractivity contribution in [1.82, 2.24) is 9.78 Å². The van der Waals surface area contributed by atoms with Gasteiger partial charge in [0.2, 0.25) is 0 Å². The Morgan fingerprint density at radius 1 is 1.40 bits per heavy atom. The van der Waals surface area contributed by atoms with Crippen molar-refractivity contribution in [3.8, 4) is 17.0 Å². The van der Waals surface area contributed by atoms with Crippen molar-refractivity contribution in [2.24, 2.45) is 7.05 Å². The van der Waals surface area contributed by atoms with Gasteiger partial charge in [0.1, 0.15) is 11.6 Å². The van der Waals surface area contributed by atoms with Crippen LogP contribution < -0.4 is 10.5 Å². The van der Waals surface area contributed by atoms with Crippen LogP contribution >= 0.6 is 0 Å². The van der Waals surface area contributed by atoms with Crippen LogP contribution in [0.3, 0.4) is 0 Å². The standard InChI is InChI=1S/C15H19N3O2/c1-18-15(16)8-13(17-18)12-7-10(3-4-14(12)19-2)11-5-6-20-9-11/h3-4,7-8,11H,5-6,9,16H2,1-2H3. The number of anilines is 1. The predicted octanol–water partition coefficient (Wildman–Crippen LogP) is 2.18. The second-order valence-corrected chi connectivity index (χ2v) is 5.10. The lowest BCUT2D eigenvalue weighted by molar-refractivity contribution is 0.194. The predicted molar refractivity (Wildman–Crippen MR) is 77.8 cm³/mol. The number of methoxy groups -OCH3 is 1. The van der Waals surface area contributed by atoms with Gasteiger partial charge in [-0.3, -0.25) is 4.68 Å². The third kappa shape index (κ3) is 2.25. The molecule has 106 valence electrons. The summed E-state index contributed by atoms with van der Waals surface area (Å²) in [5.74, 6) is 1.91. The van der Waals surface area contributed by atoms with Crippen LogP contribution in [0.25, 0.3) is 11.3 Å². The van der Waals surface area contributed by atoms with Gasteiger partial charge in [0.05, 0.1) is 19.4 Å². The lowest BCUT2D eigenvalue weighted by Gasteiger charge is -2.12. The topological polar surface area (TPSA) is 62.3 Å². The smallest absolute Gasteiger partial charge is 0.128 e. The molecule has 3 rings (SSSR count). The fourth-order valence-electron chi connectivity index (χ4n) is 2.59. The van der Waals surface area contributed by atoms with Crippen molar-refractivity contribution in [1.29, 1.82) is 0 Å². The highest BCUT2D eigenvalue weighted by Gasteiger charge is 2.20. The highest BCUT2D eigenvalue weighted by Crippen LogP contribution is 2.35. The monoisotopic (exact) mass is 273 g/mol. The number of ether oxygens (including phenoxy) is 2. The maximum absolute atomic E-state index is 5.87. The lowest BCUT2D eigenvalue weighted by Crippen LogP contribution is -1.99. The van der Waals surface area contributed by atoms with E-state index in [0.717, 1.165) is 36.6 Å². The van der Waals surface area contributed by atoms with E-state index in [1.54, 1.807) is 11.8 Å². The van der Waals surface area contributed by atoms with Crippen LogP contribution in [0.1, 0.15) is 17.9 Å². The molecule has 1 aliphatic heterocycles. The molecule has 1 aliphatic rings. The number of nitrogens with zero attached hydrogens (tertiary/aromatic N) is 2. The summed E-state index contributed by atoms with van der Waals surface area (Å²) in [5.41, 5.74) is 8.95. The van der Waals surface area contributed by atoms with E-state index in [1.807, 2.05) is 19.2 Å². The molecule has 20 heavy (non-hydrogen) atoms. The number of benzene rings is 1. The van der Waals surface area contributed by atoms with Gasteiger partial charge in [-0.2, -0.15) is 5.10 Å². The molecule has 2 aromatic rings. The van der Waals surface area contributed by atoms with E-state index in [4.69, 9.17) is 15.2 Å². The first-order valence-electron chi connectivity index (χ1n) is 6.74. The van der Waals surface area contributed by atoms with E-state index < -0.39 is 0 Å². The lowest BCUT2D eigenvalue weighted by atomic mass is 9.95. The van der Waals surface area contributed by atoms with Gasteiger partial charge in [-0.1, -0.05) is 6.07 Å². The SMILES string of the molecule is COc1ccc(C2CCOC2)cc1-c1cc(N)n(C)n1. The molecule has 1 atom stereocenters. The van der Waals surface area contributed by atoms with Gasteiger partial charge >= 0.3 is 0 Å². The van der Waals surface area contributed by atoms with Crippen LogP contribution in [0, 0.1) is 0 Å². The van der Waals surface area contributed by atoms with E-state index >= 15 is 0 Å². The zero-order valence-corrected chi connectivity index (χ0v) is 11.8. The molecule has 1 aromatic carbocycles. The molecule has 0 spiro atoms. The maximum Gasteiger partial charge on any atom is 0.128 e. The summed E-state index contributed by atoms with van der Waals surface area (Å²) in [6.07, 6.45) is 1.07. The molecular weight excluding hydrogens is 254 g/mol. The van der Waals surface area contributed by atoms with Crippen molar-refractivity contribution in [2.75, 3.05) is 26.1 Å². The maximum atomic E-state index is 5.87. The molecule has 1 aromatic heterocycles. The van der Waals surface area contributed by atoms with Gasteiger partial charge in [-0.15, -0.1) is 0 Å².